The third kappa shape index (κ3) is 4.30. The lowest BCUT2D eigenvalue weighted by Crippen LogP contribution is -2.50. The maximum absolute atomic E-state index is 12.3. The number of carbonyl (C=O) groups excluding carboxylic acids is 1. The predicted octanol–water partition coefficient (Wildman–Crippen LogP) is 1.60. The predicted molar refractivity (Wildman–Crippen MR) is 90.1 cm³/mol. The number of rotatable bonds is 5. The first-order valence-electron chi connectivity index (χ1n) is 6.72. The molecule has 1 aromatic carbocycles. The second-order valence-electron chi connectivity index (χ2n) is 4.74. The highest BCUT2D eigenvalue weighted by atomic mass is 32.2. The molecule has 1 unspecified atom stereocenters. The zero-order chi connectivity index (χ0) is 15.2. The van der Waals surface area contributed by atoms with Crippen molar-refractivity contribution in [2.45, 2.75) is 19.4 Å². The molecule has 0 radical (unpaired) electrons. The van der Waals surface area contributed by atoms with E-state index in [1.807, 2.05) is 30.3 Å². The number of hydrogen-bond acceptors (Lipinski definition) is 4. The van der Waals surface area contributed by atoms with Crippen molar-refractivity contribution < 1.29 is 9.90 Å². The number of aryl methyl sites for hydroxylation is 1. The van der Waals surface area contributed by atoms with Gasteiger partial charge >= 0.3 is 0 Å². The molecule has 0 amide bonds. The monoisotopic (exact) mass is 322 g/mol. The molecule has 1 aliphatic heterocycles. The number of thiocarbonyl (C=S) groups is 1. The van der Waals surface area contributed by atoms with Crippen molar-refractivity contribution in [3.8, 4) is 0 Å². The number of hydrogen-bond donors (Lipinski definition) is 3. The van der Waals surface area contributed by atoms with E-state index in [0.29, 0.717) is 16.4 Å². The van der Waals surface area contributed by atoms with E-state index < -0.39 is 6.04 Å². The Hall–Kier alpha value is -1.37. The van der Waals surface area contributed by atoms with Crippen LogP contribution < -0.4 is 10.6 Å². The van der Waals surface area contributed by atoms with Crippen LogP contribution >= 0.6 is 24.0 Å². The quantitative estimate of drug-likeness (QED) is 0.716. The molecule has 1 atom stereocenters. The molecule has 4 nitrogen and oxygen atoms in total. The van der Waals surface area contributed by atoms with Gasteiger partial charge in [-0.3, -0.25) is 4.79 Å². The summed E-state index contributed by atoms with van der Waals surface area (Å²) in [7, 11) is 0. The molecule has 1 aromatic rings. The minimum absolute atomic E-state index is 0.0232. The molecule has 0 saturated carbocycles. The average molecular weight is 322 g/mol. The van der Waals surface area contributed by atoms with Crippen LogP contribution in [-0.2, 0) is 11.2 Å². The molecular formula is C15H18N2O2S2. The zero-order valence-electron chi connectivity index (χ0n) is 11.8. The van der Waals surface area contributed by atoms with Gasteiger partial charge in [0.05, 0.1) is 12.6 Å². The van der Waals surface area contributed by atoms with Gasteiger partial charge < -0.3 is 15.7 Å². The maximum Gasteiger partial charge on any atom is 0.219 e. The molecule has 0 saturated heterocycles. The van der Waals surface area contributed by atoms with E-state index in [1.54, 1.807) is 6.92 Å². The van der Waals surface area contributed by atoms with Gasteiger partial charge in [0, 0.05) is 17.0 Å². The minimum Gasteiger partial charge on any atom is -0.394 e. The summed E-state index contributed by atoms with van der Waals surface area (Å²) < 4.78 is 0. The Morgan fingerprint density at radius 2 is 2.10 bits per heavy atom. The number of aliphatic hydroxyl groups excluding tert-OH is 1. The molecule has 0 fully saturated rings. The van der Waals surface area contributed by atoms with E-state index in [1.165, 1.54) is 17.3 Å². The van der Waals surface area contributed by atoms with Gasteiger partial charge in [-0.2, -0.15) is 0 Å². The second-order valence-corrected chi connectivity index (χ2v) is 6.22. The fourth-order valence-electron chi connectivity index (χ4n) is 2.18. The Kier molecular flexibility index (Phi) is 5.78. The third-order valence-corrected chi connectivity index (χ3v) is 4.34. The van der Waals surface area contributed by atoms with Gasteiger partial charge in [-0.15, -0.1) is 0 Å². The molecule has 1 aliphatic rings. The van der Waals surface area contributed by atoms with Gasteiger partial charge in [0.15, 0.2) is 5.11 Å². The van der Waals surface area contributed by atoms with Crippen LogP contribution in [0.1, 0.15) is 12.5 Å². The van der Waals surface area contributed by atoms with Crippen molar-refractivity contribution in [1.82, 2.24) is 10.6 Å². The Balaban J connectivity index is 1.95. The number of benzene rings is 1. The summed E-state index contributed by atoms with van der Waals surface area (Å²) >= 11 is 6.30. The second kappa shape index (κ2) is 7.59. The van der Waals surface area contributed by atoms with Crippen molar-refractivity contribution >= 4 is 34.2 Å². The number of aliphatic hydroxyl groups is 1. The van der Waals surface area contributed by atoms with E-state index in [2.05, 4.69) is 10.6 Å². The summed E-state index contributed by atoms with van der Waals surface area (Å²) in [5.74, 6) is 0.711. The van der Waals surface area contributed by atoms with E-state index in [4.69, 9.17) is 12.2 Å². The van der Waals surface area contributed by atoms with Gasteiger partial charge in [0.2, 0.25) is 5.12 Å². The molecular weight excluding hydrogens is 304 g/mol. The number of carbonyl (C=O) groups is 1. The van der Waals surface area contributed by atoms with E-state index >= 15 is 0 Å². The van der Waals surface area contributed by atoms with E-state index in [0.717, 1.165) is 12.1 Å². The normalized spacial score (nSPS) is 18.2. The smallest absolute Gasteiger partial charge is 0.219 e. The van der Waals surface area contributed by atoms with Crippen LogP contribution in [0.4, 0.5) is 0 Å². The summed E-state index contributed by atoms with van der Waals surface area (Å²) in [5.41, 5.74) is 2.50. The van der Waals surface area contributed by atoms with Crippen LogP contribution in [0.3, 0.4) is 0 Å². The minimum atomic E-state index is -0.421. The Labute approximate surface area is 134 Å². The van der Waals surface area contributed by atoms with Crippen molar-refractivity contribution in [2.75, 3.05) is 12.4 Å². The van der Waals surface area contributed by atoms with Crippen molar-refractivity contribution in [1.29, 1.82) is 0 Å². The zero-order valence-corrected chi connectivity index (χ0v) is 13.4. The highest BCUT2D eigenvalue weighted by Gasteiger charge is 2.27. The Bertz CT molecular complexity index is 558. The third-order valence-electron chi connectivity index (χ3n) is 3.23. The van der Waals surface area contributed by atoms with Gasteiger partial charge in [-0.1, -0.05) is 42.1 Å². The van der Waals surface area contributed by atoms with Gasteiger partial charge in [-0.25, -0.2) is 0 Å². The summed E-state index contributed by atoms with van der Waals surface area (Å²) in [5, 5.41) is 15.7. The standard InChI is InChI=1S/C15H18N2O2S2/c1-10-13(12(9-18)17-15(20)16-10)14(19)21-8-7-11-5-3-2-4-6-11/h2-6,12,18H,7-9H2,1H3,(H2,16,17,20). The van der Waals surface area contributed by atoms with Crippen molar-refractivity contribution in [3.05, 3.63) is 47.2 Å². The lowest BCUT2D eigenvalue weighted by molar-refractivity contribution is -0.108. The number of allylic oxidation sites excluding steroid dienone is 1. The number of thioether (sulfide) groups is 1. The molecule has 21 heavy (non-hydrogen) atoms. The van der Waals surface area contributed by atoms with Gasteiger partial charge in [0.25, 0.3) is 0 Å². The molecule has 3 N–H and O–H groups in total. The summed E-state index contributed by atoms with van der Waals surface area (Å²) in [6.07, 6.45) is 0.840. The maximum atomic E-state index is 12.3. The van der Waals surface area contributed by atoms with Gasteiger partial charge in [-0.05, 0) is 31.1 Å². The Morgan fingerprint density at radius 3 is 2.76 bits per heavy atom. The fraction of sp³-hybridized carbons (Fsp3) is 0.333. The lowest BCUT2D eigenvalue weighted by Gasteiger charge is -2.28. The molecule has 112 valence electrons. The molecule has 0 aromatic heterocycles. The summed E-state index contributed by atoms with van der Waals surface area (Å²) in [6, 6.07) is 9.64. The lowest BCUT2D eigenvalue weighted by atomic mass is 10.1. The Morgan fingerprint density at radius 1 is 1.38 bits per heavy atom. The van der Waals surface area contributed by atoms with Crippen LogP contribution in [-0.4, -0.2) is 33.7 Å². The molecule has 2 rings (SSSR count). The molecule has 6 heteroatoms. The molecule has 0 spiro atoms. The van der Waals surface area contributed by atoms with Crippen LogP contribution in [0.25, 0.3) is 0 Å². The van der Waals surface area contributed by atoms with Crippen LogP contribution in [0.5, 0.6) is 0 Å². The largest absolute Gasteiger partial charge is 0.394 e. The van der Waals surface area contributed by atoms with Crippen LogP contribution in [0.15, 0.2) is 41.6 Å². The summed E-state index contributed by atoms with van der Waals surface area (Å²) in [4.78, 5) is 12.3. The number of nitrogens with one attached hydrogen (secondary N) is 2. The first kappa shape index (κ1) is 16.0. The van der Waals surface area contributed by atoms with Crippen LogP contribution in [0.2, 0.25) is 0 Å². The van der Waals surface area contributed by atoms with Crippen molar-refractivity contribution in [3.63, 3.8) is 0 Å². The highest BCUT2D eigenvalue weighted by Crippen LogP contribution is 2.20. The molecule has 0 bridgehead atoms. The van der Waals surface area contributed by atoms with E-state index in [-0.39, 0.29) is 11.7 Å². The molecule has 0 aliphatic carbocycles. The summed E-state index contributed by atoms with van der Waals surface area (Å²) in [6.45, 7) is 1.65. The van der Waals surface area contributed by atoms with E-state index in [9.17, 15) is 9.90 Å². The fourth-order valence-corrected chi connectivity index (χ4v) is 3.45. The van der Waals surface area contributed by atoms with Crippen LogP contribution in [0, 0.1) is 0 Å². The molecule has 1 heterocycles. The average Bonchev–Trinajstić information content (AvgIpc) is 2.47. The van der Waals surface area contributed by atoms with Crippen molar-refractivity contribution in [2.24, 2.45) is 0 Å². The first-order chi connectivity index (χ1) is 10.1. The van der Waals surface area contributed by atoms with Gasteiger partial charge in [0.1, 0.15) is 0 Å². The highest BCUT2D eigenvalue weighted by molar-refractivity contribution is 8.14. The first-order valence-corrected chi connectivity index (χ1v) is 8.11. The topological polar surface area (TPSA) is 61.4 Å². The SMILES string of the molecule is CC1=C(C(=O)SCCc2ccccc2)C(CO)NC(=S)N1.